The third-order valence-corrected chi connectivity index (χ3v) is 7.38. The highest BCUT2D eigenvalue weighted by molar-refractivity contribution is 5.70. The zero-order chi connectivity index (χ0) is 28.3. The maximum absolute atomic E-state index is 12.3. The Kier molecular flexibility index (Phi) is 17.0. The summed E-state index contributed by atoms with van der Waals surface area (Å²) < 4.78 is 6.34. The van der Waals surface area contributed by atoms with Crippen molar-refractivity contribution < 1.29 is 29.7 Å². The van der Waals surface area contributed by atoms with Crippen molar-refractivity contribution in [1.82, 2.24) is 9.55 Å². The van der Waals surface area contributed by atoms with Gasteiger partial charge in [0, 0.05) is 18.7 Å². The van der Waals surface area contributed by atoms with Crippen LogP contribution in [0.1, 0.15) is 129 Å². The number of aromatic nitrogens is 2. The second-order valence-corrected chi connectivity index (χ2v) is 10.7. The molecule has 2 rings (SSSR count). The number of unbranched alkanes of at least 4 members (excludes halogenated alkanes) is 16. The number of rotatable bonds is 22. The molecule has 0 aliphatic carbocycles. The van der Waals surface area contributed by atoms with Crippen molar-refractivity contribution in [2.45, 2.75) is 147 Å². The Morgan fingerprint density at radius 1 is 0.897 bits per heavy atom. The first-order valence-electron chi connectivity index (χ1n) is 15.1. The van der Waals surface area contributed by atoms with Crippen molar-refractivity contribution in [3.63, 3.8) is 0 Å². The predicted octanol–water partition coefficient (Wildman–Crippen LogP) is 4.77. The Labute approximate surface area is 233 Å². The van der Waals surface area contributed by atoms with Crippen LogP contribution in [0.4, 0.5) is 5.82 Å². The van der Waals surface area contributed by atoms with E-state index < -0.39 is 42.8 Å². The van der Waals surface area contributed by atoms with Crippen LogP contribution in [0.25, 0.3) is 0 Å². The second kappa shape index (κ2) is 20.0. The molecule has 1 unspecified atom stereocenters. The first-order valence-corrected chi connectivity index (χ1v) is 15.1. The number of hydrogen-bond donors (Lipinski definition) is 4. The smallest absolute Gasteiger partial charge is 0.351 e. The molecule has 1 aliphatic heterocycles. The molecule has 1 aromatic rings. The Morgan fingerprint density at radius 2 is 1.41 bits per heavy atom. The molecule has 224 valence electrons. The van der Waals surface area contributed by atoms with Crippen LogP contribution < -0.4 is 11.2 Å². The van der Waals surface area contributed by atoms with Crippen LogP contribution in [-0.4, -0.2) is 55.8 Å². The van der Waals surface area contributed by atoms with E-state index in [1.54, 1.807) is 0 Å². The molecule has 0 spiro atoms. The number of nitrogens with one attached hydrogen (secondary N) is 1. The van der Waals surface area contributed by atoms with Gasteiger partial charge in [0.1, 0.15) is 18.3 Å². The fourth-order valence-corrected chi connectivity index (χ4v) is 4.93. The fraction of sp³-hybridized carbons (Fsp3) is 0.828. The molecule has 1 aliphatic rings. The summed E-state index contributed by atoms with van der Waals surface area (Å²) in [4.78, 5) is 33.0. The van der Waals surface area contributed by atoms with Gasteiger partial charge in [0.05, 0.1) is 6.61 Å². The molecule has 1 saturated heterocycles. The third-order valence-electron chi connectivity index (χ3n) is 7.38. The number of carbonyl (C=O) groups is 1. The Hall–Kier alpha value is -2.01. The quantitative estimate of drug-likeness (QED) is 0.118. The van der Waals surface area contributed by atoms with E-state index in [1.807, 2.05) is 0 Å². The maximum atomic E-state index is 12.3. The zero-order valence-corrected chi connectivity index (χ0v) is 23.8. The van der Waals surface area contributed by atoms with Crippen LogP contribution >= 0.6 is 0 Å². The van der Waals surface area contributed by atoms with Crippen LogP contribution in [0, 0.1) is 0 Å². The standard InChI is InChI=1S/C29H51N3O7/c1-2-3-4-5-6-7-8-9-10-11-12-13-14-15-16-17-18-19-25(34)39-31-24-20-21-32(29(37)30-24)28-27(36)26(35)23(22-33)38-28/h20-21,23,26-28,33,35-36H,2-19,22H2,1H3,(H,30,31,37)/t23-,26+,27?,28-/m1/s1. The van der Waals surface area contributed by atoms with Crippen LogP contribution in [0.2, 0.25) is 0 Å². The third kappa shape index (κ3) is 12.8. The number of aliphatic hydroxyl groups excluding tert-OH is 3. The van der Waals surface area contributed by atoms with Crippen molar-refractivity contribution in [3.8, 4) is 0 Å². The minimum absolute atomic E-state index is 0.0405. The number of nitrogens with zero attached hydrogens (tertiary/aromatic N) is 2. The molecule has 1 fully saturated rings. The molecule has 10 nitrogen and oxygen atoms in total. The molecule has 10 heteroatoms. The molecular weight excluding hydrogens is 502 g/mol. The molecule has 4 N–H and O–H groups in total. The van der Waals surface area contributed by atoms with Crippen molar-refractivity contribution in [2.24, 2.45) is 0 Å². The summed E-state index contributed by atoms with van der Waals surface area (Å²) in [6.45, 7) is 1.77. The van der Waals surface area contributed by atoms with E-state index in [9.17, 15) is 24.9 Å². The van der Waals surface area contributed by atoms with Gasteiger partial charge in [0.2, 0.25) is 0 Å². The summed E-state index contributed by atoms with van der Waals surface area (Å²) in [7, 11) is 0. The number of aliphatic hydroxyl groups is 3. The maximum Gasteiger partial charge on any atom is 0.351 e. The molecule has 0 amide bonds. The molecule has 4 atom stereocenters. The SMILES string of the molecule is CCCCCCCCCCCCCCCCCCCC(=O)ONc1ccn([C@@H]2O[C@H](CO)[C@H](O)C2O)c(=O)n1. The Morgan fingerprint density at radius 3 is 1.87 bits per heavy atom. The zero-order valence-electron chi connectivity index (χ0n) is 23.8. The summed E-state index contributed by atoms with van der Waals surface area (Å²) in [5.74, 6) is -0.385. The minimum Gasteiger partial charge on any atom is -0.394 e. The second-order valence-electron chi connectivity index (χ2n) is 10.7. The van der Waals surface area contributed by atoms with Gasteiger partial charge in [-0.25, -0.2) is 15.1 Å². The predicted molar refractivity (Wildman–Crippen MR) is 150 cm³/mol. The first kappa shape index (κ1) is 33.2. The van der Waals surface area contributed by atoms with Gasteiger partial charge >= 0.3 is 11.7 Å². The highest BCUT2D eigenvalue weighted by Crippen LogP contribution is 2.28. The van der Waals surface area contributed by atoms with Crippen LogP contribution in [0.15, 0.2) is 17.1 Å². The van der Waals surface area contributed by atoms with Crippen LogP contribution in [0.5, 0.6) is 0 Å². The Balaban J connectivity index is 1.45. The van der Waals surface area contributed by atoms with E-state index in [0.29, 0.717) is 0 Å². The monoisotopic (exact) mass is 553 g/mol. The molecule has 2 heterocycles. The lowest BCUT2D eigenvalue weighted by Gasteiger charge is -2.17. The summed E-state index contributed by atoms with van der Waals surface area (Å²) in [5.41, 5.74) is 1.62. The van der Waals surface area contributed by atoms with Crippen LogP contribution in [-0.2, 0) is 14.4 Å². The highest BCUT2D eigenvalue weighted by atomic mass is 16.7. The molecule has 0 aromatic carbocycles. The number of carbonyl (C=O) groups excluding carboxylic acids is 1. The number of anilines is 1. The molecule has 39 heavy (non-hydrogen) atoms. The lowest BCUT2D eigenvalue weighted by Crippen LogP contribution is -2.36. The normalized spacial score (nSPS) is 20.8. The van der Waals surface area contributed by atoms with E-state index in [0.717, 1.165) is 23.8 Å². The lowest BCUT2D eigenvalue weighted by molar-refractivity contribution is -0.140. The van der Waals surface area contributed by atoms with E-state index in [-0.39, 0.29) is 12.2 Å². The average molecular weight is 554 g/mol. The minimum atomic E-state index is -1.39. The average Bonchev–Trinajstić information content (AvgIpc) is 3.22. The summed E-state index contributed by atoms with van der Waals surface area (Å²) in [5, 5.41) is 29.1. The van der Waals surface area contributed by atoms with Gasteiger partial charge in [-0.15, -0.1) is 0 Å². The number of hydrogen-bond acceptors (Lipinski definition) is 9. The van der Waals surface area contributed by atoms with E-state index in [4.69, 9.17) is 9.57 Å². The van der Waals surface area contributed by atoms with Gasteiger partial charge in [-0.05, 0) is 6.42 Å². The van der Waals surface area contributed by atoms with Gasteiger partial charge < -0.3 is 24.9 Å². The lowest BCUT2D eigenvalue weighted by atomic mass is 10.0. The highest BCUT2D eigenvalue weighted by Gasteiger charge is 2.43. The van der Waals surface area contributed by atoms with E-state index >= 15 is 0 Å². The Bertz CT molecular complexity index is 850. The van der Waals surface area contributed by atoms with Gasteiger partial charge in [-0.2, -0.15) is 4.98 Å². The van der Waals surface area contributed by atoms with E-state index in [2.05, 4.69) is 17.4 Å². The first-order chi connectivity index (χ1) is 19.0. The van der Waals surface area contributed by atoms with Gasteiger partial charge in [0.15, 0.2) is 12.0 Å². The topological polar surface area (TPSA) is 143 Å². The van der Waals surface area contributed by atoms with Crippen molar-refractivity contribution >= 4 is 11.8 Å². The van der Waals surface area contributed by atoms with Crippen LogP contribution in [0.3, 0.4) is 0 Å². The molecular formula is C29H51N3O7. The number of ether oxygens (including phenoxy) is 1. The molecule has 0 saturated carbocycles. The molecule has 1 aromatic heterocycles. The largest absolute Gasteiger partial charge is 0.394 e. The van der Waals surface area contributed by atoms with E-state index in [1.165, 1.54) is 102 Å². The molecule has 0 radical (unpaired) electrons. The fourth-order valence-electron chi connectivity index (χ4n) is 4.93. The van der Waals surface area contributed by atoms with Gasteiger partial charge in [-0.3, -0.25) is 4.57 Å². The molecule has 0 bridgehead atoms. The van der Waals surface area contributed by atoms with Crippen molar-refractivity contribution in [3.05, 3.63) is 22.7 Å². The summed E-state index contributed by atoms with van der Waals surface area (Å²) in [6, 6.07) is 1.39. The van der Waals surface area contributed by atoms with Gasteiger partial charge in [0.25, 0.3) is 0 Å². The summed E-state index contributed by atoms with van der Waals surface area (Å²) in [6.07, 6.45) is 18.4. The van der Waals surface area contributed by atoms with Crippen molar-refractivity contribution in [1.29, 1.82) is 0 Å². The van der Waals surface area contributed by atoms with Gasteiger partial charge in [-0.1, -0.05) is 110 Å². The van der Waals surface area contributed by atoms with Crippen molar-refractivity contribution in [2.75, 3.05) is 12.1 Å². The summed E-state index contributed by atoms with van der Waals surface area (Å²) >= 11 is 0.